The molecule has 3 aliphatic heterocycles. The minimum atomic E-state index is -2.36. The van der Waals surface area contributed by atoms with Crippen LogP contribution in [0.25, 0.3) is 66.8 Å². The van der Waals surface area contributed by atoms with Crippen molar-refractivity contribution in [2.24, 2.45) is 0 Å². The summed E-state index contributed by atoms with van der Waals surface area (Å²) in [6.45, 7) is 2.17. The van der Waals surface area contributed by atoms with Crippen molar-refractivity contribution in [1.82, 2.24) is 0 Å². The van der Waals surface area contributed by atoms with Crippen LogP contribution in [0, 0.1) is 6.92 Å². The molecular weight excluding hydrogens is 975 g/mol. The quantitative estimate of drug-likeness (QED) is 0.165. The van der Waals surface area contributed by atoms with Crippen molar-refractivity contribution in [3.8, 4) is 89.8 Å². The summed E-state index contributed by atoms with van der Waals surface area (Å²) in [5.74, 6) is 3.69. The molecule has 7 aliphatic rings. The van der Waals surface area contributed by atoms with Gasteiger partial charge in [-0.2, -0.15) is 0 Å². The molecule has 3 nitrogen and oxygen atoms in total. The van der Waals surface area contributed by atoms with E-state index in [0.717, 1.165) is 50.9 Å². The predicted molar refractivity (Wildman–Crippen MR) is 322 cm³/mol. The first-order chi connectivity index (χ1) is 39.1. The lowest BCUT2D eigenvalue weighted by Gasteiger charge is -2.44. The normalized spacial score (nSPS) is 15.2. The van der Waals surface area contributed by atoms with Crippen LogP contribution < -0.4 is 29.9 Å². The highest BCUT2D eigenvalue weighted by atomic mass is 28.3. The molecule has 4 aliphatic carbocycles. The monoisotopic (exact) mass is 1020 g/mol. The predicted octanol–water partition coefficient (Wildman–Crippen LogP) is 16.3. The number of hydrogen-bond donors (Lipinski definition) is 0. The number of rotatable bonds is 3. The van der Waals surface area contributed by atoms with Gasteiger partial charge in [-0.15, -0.1) is 0 Å². The van der Waals surface area contributed by atoms with Crippen LogP contribution in [0.5, 0.6) is 23.0 Å². The van der Waals surface area contributed by atoms with Gasteiger partial charge in [-0.25, -0.2) is 0 Å². The van der Waals surface area contributed by atoms with Crippen LogP contribution in [-0.4, -0.2) is 8.80 Å². The van der Waals surface area contributed by atoms with Crippen LogP contribution in [0.2, 0.25) is 0 Å². The Morgan fingerprint density at radius 1 is 0.304 bits per heavy atom. The third-order valence-electron chi connectivity index (χ3n) is 19.1. The molecule has 0 fully saturated rings. The molecule has 0 N–H and O–H groups in total. The molecule has 3 heterocycles. The molecular formula is C75H45NO2Si. The molecule has 0 saturated heterocycles. The first-order valence-corrected chi connectivity index (χ1v) is 29.4. The fraction of sp³-hybridized carbons (Fsp3) is 0.0400. The lowest BCUT2D eigenvalue weighted by Crippen LogP contribution is -2.61. The van der Waals surface area contributed by atoms with Crippen LogP contribution >= 0.6 is 0 Å². The van der Waals surface area contributed by atoms with Crippen LogP contribution in [0.1, 0.15) is 50.1 Å². The molecule has 4 heteroatoms. The zero-order valence-electron chi connectivity index (χ0n) is 43.0. The van der Waals surface area contributed by atoms with E-state index in [1.54, 1.807) is 0 Å². The molecule has 0 amide bonds. The van der Waals surface area contributed by atoms with E-state index in [1.165, 1.54) is 122 Å². The van der Waals surface area contributed by atoms with Gasteiger partial charge in [-0.1, -0.05) is 194 Å². The van der Waals surface area contributed by atoms with E-state index in [0.29, 0.717) is 0 Å². The van der Waals surface area contributed by atoms with Crippen molar-refractivity contribution in [2.45, 2.75) is 17.8 Å². The molecule has 0 bridgehead atoms. The average Bonchev–Trinajstić information content (AvgIpc) is 3.22. The second-order valence-corrected chi connectivity index (χ2v) is 25.1. The Morgan fingerprint density at radius 2 is 0.646 bits per heavy atom. The smallest absolute Gasteiger partial charge is 0.157 e. The molecule has 79 heavy (non-hydrogen) atoms. The Morgan fingerprint density at radius 3 is 1.03 bits per heavy atom. The van der Waals surface area contributed by atoms with E-state index in [-0.39, 0.29) is 0 Å². The van der Waals surface area contributed by atoms with Gasteiger partial charge in [0.25, 0.3) is 0 Å². The molecule has 0 saturated carbocycles. The highest BCUT2D eigenvalue weighted by molar-refractivity contribution is 7.00. The Hall–Kier alpha value is -9.74. The second kappa shape index (κ2) is 14.8. The summed E-state index contributed by atoms with van der Waals surface area (Å²) in [4.78, 5) is 2.49. The SMILES string of the molecule is Cc1ccc(N2c3ccc(-c4ccc5c(c4)C4(c6ccccc6-c6ccccc64)c4ccccc4-5)c4c3[SiH]3c5c(cccc5Oc5c(-c6ccc7c(c6)C6(c8ccccc8-c8ccccc86)c6ccccc6-7)ccc2c53)O4)cc1. The fourth-order valence-corrected chi connectivity index (χ4v) is 19.8. The van der Waals surface area contributed by atoms with Gasteiger partial charge >= 0.3 is 0 Å². The van der Waals surface area contributed by atoms with Crippen LogP contribution in [0.4, 0.5) is 17.1 Å². The maximum atomic E-state index is 7.48. The highest BCUT2D eigenvalue weighted by Crippen LogP contribution is 2.65. The lowest BCUT2D eigenvalue weighted by atomic mass is 9.70. The van der Waals surface area contributed by atoms with Gasteiger partial charge in [0.1, 0.15) is 23.0 Å². The van der Waals surface area contributed by atoms with Crippen LogP contribution in [-0.2, 0) is 10.8 Å². The van der Waals surface area contributed by atoms with Gasteiger partial charge in [0, 0.05) is 43.7 Å². The molecule has 19 rings (SSSR count). The van der Waals surface area contributed by atoms with Gasteiger partial charge in [0.2, 0.25) is 0 Å². The van der Waals surface area contributed by atoms with Gasteiger partial charge in [0.05, 0.1) is 10.8 Å². The van der Waals surface area contributed by atoms with Gasteiger partial charge in [-0.3, -0.25) is 0 Å². The molecule has 0 unspecified atom stereocenters. The third-order valence-corrected chi connectivity index (χ3v) is 22.5. The Bertz CT molecular complexity index is 4380. The van der Waals surface area contributed by atoms with Crippen molar-refractivity contribution in [3.05, 3.63) is 299 Å². The summed E-state index contributed by atoms with van der Waals surface area (Å²) in [6, 6.07) is 93.9. The number of hydrogen-bond acceptors (Lipinski definition) is 3. The van der Waals surface area contributed by atoms with Gasteiger partial charge in [-0.05, 0) is 168 Å². The summed E-state index contributed by atoms with van der Waals surface area (Å²) >= 11 is 0. The average molecular weight is 1020 g/mol. The van der Waals surface area contributed by atoms with Crippen molar-refractivity contribution >= 4 is 41.4 Å². The number of anilines is 3. The van der Waals surface area contributed by atoms with E-state index in [1.807, 2.05) is 0 Å². The van der Waals surface area contributed by atoms with E-state index < -0.39 is 19.6 Å². The highest BCUT2D eigenvalue weighted by Gasteiger charge is 2.54. The molecule has 0 atom stereocenters. The standard InChI is InChI=1S/C75H45NO2Si/c1-43-29-33-46(34-30-43)76-65-39-37-47(44-31-35-55-53-19-6-12-25-61(53)74(63(55)41-44)57-21-8-2-15-49(57)50-16-3-9-22-58(50)74)69-71(65)79-72-66(76)40-38-48(70(72)78-68-28-14-27-67(77-69)73(68)79)45-32-36-56-54-20-7-13-26-62(54)75(64(56)42-45)59-23-10-4-17-51(59)52-18-5-11-24-60(52)75/h2-42,79H,1H3. The summed E-state index contributed by atoms with van der Waals surface area (Å²) in [5, 5.41) is 3.81. The number of ether oxygens (including phenoxy) is 2. The van der Waals surface area contributed by atoms with E-state index in [2.05, 4.69) is 261 Å². The van der Waals surface area contributed by atoms with Crippen molar-refractivity contribution in [3.63, 3.8) is 0 Å². The number of benzene rings is 12. The fourth-order valence-electron chi connectivity index (χ4n) is 16.1. The molecule has 0 aromatic heterocycles. The summed E-state index contributed by atoms with van der Waals surface area (Å²) in [5.41, 5.74) is 29.3. The maximum Gasteiger partial charge on any atom is 0.157 e. The van der Waals surface area contributed by atoms with Crippen molar-refractivity contribution < 1.29 is 9.47 Å². The third kappa shape index (κ3) is 5.02. The van der Waals surface area contributed by atoms with Gasteiger partial charge in [0.15, 0.2) is 8.80 Å². The van der Waals surface area contributed by atoms with Crippen LogP contribution in [0.3, 0.4) is 0 Å². The van der Waals surface area contributed by atoms with E-state index in [4.69, 9.17) is 9.47 Å². The second-order valence-electron chi connectivity index (χ2n) is 22.5. The maximum absolute atomic E-state index is 7.48. The van der Waals surface area contributed by atoms with Crippen LogP contribution in [0.15, 0.2) is 249 Å². The first-order valence-electron chi connectivity index (χ1n) is 27.7. The summed E-state index contributed by atoms with van der Waals surface area (Å²) in [7, 11) is -2.36. The molecule has 12 aromatic carbocycles. The van der Waals surface area contributed by atoms with Crippen molar-refractivity contribution in [2.75, 3.05) is 4.90 Å². The lowest BCUT2D eigenvalue weighted by molar-refractivity contribution is 0.466. The largest absolute Gasteiger partial charge is 0.457 e. The first kappa shape index (κ1) is 42.4. The van der Waals surface area contributed by atoms with Crippen molar-refractivity contribution in [1.29, 1.82) is 0 Å². The zero-order chi connectivity index (χ0) is 51.5. The summed E-state index contributed by atoms with van der Waals surface area (Å²) < 4.78 is 15.0. The summed E-state index contributed by atoms with van der Waals surface area (Å²) in [6.07, 6.45) is 0. The Kier molecular flexibility index (Phi) is 7.96. The Labute approximate surface area is 459 Å². The number of fused-ring (bicyclic) bond motifs is 20. The topological polar surface area (TPSA) is 21.7 Å². The molecule has 366 valence electrons. The van der Waals surface area contributed by atoms with Gasteiger partial charge < -0.3 is 14.4 Å². The molecule has 0 radical (unpaired) electrons. The number of aryl methyl sites for hydroxylation is 1. The van der Waals surface area contributed by atoms with E-state index >= 15 is 0 Å². The minimum Gasteiger partial charge on any atom is -0.457 e. The number of nitrogens with zero attached hydrogens (tertiary/aromatic N) is 1. The Balaban J connectivity index is 0.848. The van der Waals surface area contributed by atoms with E-state index in [9.17, 15) is 0 Å². The molecule has 2 spiro atoms. The minimum absolute atomic E-state index is 0.463. The zero-order valence-corrected chi connectivity index (χ0v) is 44.2. The molecule has 12 aromatic rings.